The van der Waals surface area contributed by atoms with Crippen LogP contribution in [0.5, 0.6) is 5.75 Å². The van der Waals surface area contributed by atoms with Gasteiger partial charge >= 0.3 is 5.97 Å². The van der Waals surface area contributed by atoms with Crippen LogP contribution in [0, 0.1) is 13.8 Å². The largest absolute Gasteiger partial charge is 0.425 e. The van der Waals surface area contributed by atoms with Gasteiger partial charge in [0, 0.05) is 16.2 Å². The van der Waals surface area contributed by atoms with Gasteiger partial charge in [-0.15, -0.1) is 0 Å². The number of carbonyl (C=O) groups excluding carboxylic acids is 1. The Hall–Kier alpha value is -2.26. The molecule has 0 aliphatic carbocycles. The Morgan fingerprint density at radius 1 is 1.14 bits per heavy atom. The Kier molecular flexibility index (Phi) is 3.90. The van der Waals surface area contributed by atoms with Gasteiger partial charge in [0.25, 0.3) is 0 Å². The fourth-order valence-electron chi connectivity index (χ4n) is 2.57. The summed E-state index contributed by atoms with van der Waals surface area (Å²) in [5.74, 6) is 0.249. The molecular formula is C18H16ClNO2. The summed E-state index contributed by atoms with van der Waals surface area (Å²) in [5, 5.41) is 1.75. The van der Waals surface area contributed by atoms with E-state index in [9.17, 15) is 4.79 Å². The Morgan fingerprint density at radius 2 is 1.91 bits per heavy atom. The maximum atomic E-state index is 12.2. The van der Waals surface area contributed by atoms with Crippen LogP contribution in [-0.4, -0.2) is 10.5 Å². The van der Waals surface area contributed by atoms with E-state index in [1.807, 2.05) is 42.7 Å². The highest BCUT2D eigenvalue weighted by molar-refractivity contribution is 6.30. The fourth-order valence-corrected chi connectivity index (χ4v) is 2.80. The number of halogens is 1. The van der Waals surface area contributed by atoms with Crippen molar-refractivity contribution in [1.82, 2.24) is 4.57 Å². The van der Waals surface area contributed by atoms with Crippen LogP contribution >= 0.6 is 11.6 Å². The van der Waals surface area contributed by atoms with Crippen LogP contribution in [0.1, 0.15) is 11.3 Å². The average Bonchev–Trinajstić information content (AvgIpc) is 2.78. The topological polar surface area (TPSA) is 31.2 Å². The lowest BCUT2D eigenvalue weighted by atomic mass is 10.2. The monoisotopic (exact) mass is 313 g/mol. The first-order valence-electron chi connectivity index (χ1n) is 7.06. The molecule has 0 unspecified atom stereocenters. The number of esters is 1. The van der Waals surface area contributed by atoms with Crippen LogP contribution in [0.15, 0.2) is 48.5 Å². The number of nitrogens with zero attached hydrogens (tertiary/aromatic N) is 1. The number of aryl methyl sites for hydroxylation is 2. The van der Waals surface area contributed by atoms with Gasteiger partial charge in [0.05, 0.1) is 0 Å². The zero-order valence-corrected chi connectivity index (χ0v) is 13.2. The lowest BCUT2D eigenvalue weighted by molar-refractivity contribution is -0.135. The number of hydrogen-bond acceptors (Lipinski definition) is 2. The summed E-state index contributed by atoms with van der Waals surface area (Å²) in [6.07, 6.45) is 0. The number of carbonyl (C=O) groups is 1. The van der Waals surface area contributed by atoms with Gasteiger partial charge in [-0.2, -0.15) is 0 Å². The molecule has 0 N–H and O–H groups in total. The van der Waals surface area contributed by atoms with Crippen molar-refractivity contribution in [3.63, 3.8) is 0 Å². The van der Waals surface area contributed by atoms with E-state index in [0.717, 1.165) is 22.2 Å². The molecule has 0 atom stereocenters. The zero-order valence-electron chi connectivity index (χ0n) is 12.5. The molecule has 0 amide bonds. The quantitative estimate of drug-likeness (QED) is 0.526. The molecule has 0 radical (unpaired) electrons. The number of aromatic nitrogens is 1. The molecule has 2 aromatic carbocycles. The van der Waals surface area contributed by atoms with Gasteiger partial charge in [0.15, 0.2) is 0 Å². The van der Waals surface area contributed by atoms with E-state index in [4.69, 9.17) is 16.3 Å². The zero-order chi connectivity index (χ0) is 15.7. The first kappa shape index (κ1) is 14.7. The second-order valence-electron chi connectivity index (χ2n) is 5.31. The van der Waals surface area contributed by atoms with Crippen molar-refractivity contribution in [2.24, 2.45) is 0 Å². The molecule has 0 saturated heterocycles. The molecule has 0 aliphatic rings. The molecule has 3 nitrogen and oxygen atoms in total. The van der Waals surface area contributed by atoms with Crippen LogP contribution in [-0.2, 0) is 11.3 Å². The predicted octanol–water partition coefficient (Wildman–Crippen LogP) is 4.52. The van der Waals surface area contributed by atoms with Crippen LogP contribution in [0.3, 0.4) is 0 Å². The third kappa shape index (κ3) is 2.85. The van der Waals surface area contributed by atoms with E-state index in [-0.39, 0.29) is 12.5 Å². The van der Waals surface area contributed by atoms with Gasteiger partial charge in [-0.3, -0.25) is 0 Å². The molecule has 3 aromatic rings. The molecule has 3 rings (SSSR count). The van der Waals surface area contributed by atoms with Crippen molar-refractivity contribution in [1.29, 1.82) is 0 Å². The van der Waals surface area contributed by atoms with E-state index >= 15 is 0 Å². The number of benzene rings is 2. The standard InChI is InChI=1S/C18H16ClNO2/c1-12-9-15(19)7-8-17(12)22-18(21)11-20-13(2)10-14-5-3-4-6-16(14)20/h3-10H,11H2,1-2H3. The summed E-state index contributed by atoms with van der Waals surface area (Å²) < 4.78 is 7.42. The molecule has 0 saturated carbocycles. The Balaban J connectivity index is 1.83. The molecule has 0 fully saturated rings. The minimum atomic E-state index is -0.296. The van der Waals surface area contributed by atoms with Gasteiger partial charge in [0.1, 0.15) is 12.3 Å². The second kappa shape index (κ2) is 5.85. The molecule has 22 heavy (non-hydrogen) atoms. The summed E-state index contributed by atoms with van der Waals surface area (Å²) >= 11 is 5.91. The Bertz CT molecular complexity index is 851. The lowest BCUT2D eigenvalue weighted by Crippen LogP contribution is -2.17. The van der Waals surface area contributed by atoms with E-state index < -0.39 is 0 Å². The van der Waals surface area contributed by atoms with E-state index in [2.05, 4.69) is 6.07 Å². The van der Waals surface area contributed by atoms with Crippen molar-refractivity contribution in [3.8, 4) is 5.75 Å². The van der Waals surface area contributed by atoms with E-state index in [1.165, 1.54) is 0 Å². The highest BCUT2D eigenvalue weighted by Crippen LogP contribution is 2.23. The van der Waals surface area contributed by atoms with Crippen molar-refractivity contribution in [3.05, 3.63) is 64.8 Å². The average molecular weight is 314 g/mol. The lowest BCUT2D eigenvalue weighted by Gasteiger charge is -2.10. The smallest absolute Gasteiger partial charge is 0.331 e. The van der Waals surface area contributed by atoms with E-state index in [1.54, 1.807) is 18.2 Å². The first-order valence-corrected chi connectivity index (χ1v) is 7.44. The Morgan fingerprint density at radius 3 is 2.68 bits per heavy atom. The van der Waals surface area contributed by atoms with Crippen molar-refractivity contribution < 1.29 is 9.53 Å². The molecule has 112 valence electrons. The molecule has 1 aromatic heterocycles. The summed E-state index contributed by atoms with van der Waals surface area (Å²) in [4.78, 5) is 12.2. The summed E-state index contributed by atoms with van der Waals surface area (Å²) in [6.45, 7) is 4.03. The fraction of sp³-hybridized carbons (Fsp3) is 0.167. The number of rotatable bonds is 3. The van der Waals surface area contributed by atoms with Crippen LogP contribution in [0.25, 0.3) is 10.9 Å². The van der Waals surface area contributed by atoms with Gasteiger partial charge in [-0.05, 0) is 55.1 Å². The van der Waals surface area contributed by atoms with Crippen LogP contribution in [0.4, 0.5) is 0 Å². The number of para-hydroxylation sites is 1. The number of ether oxygens (including phenoxy) is 1. The minimum absolute atomic E-state index is 0.182. The second-order valence-corrected chi connectivity index (χ2v) is 5.75. The van der Waals surface area contributed by atoms with Gasteiger partial charge < -0.3 is 9.30 Å². The van der Waals surface area contributed by atoms with Gasteiger partial charge in [-0.25, -0.2) is 4.79 Å². The Labute approximate surface area is 134 Å². The molecule has 1 heterocycles. The molecular weight excluding hydrogens is 298 g/mol. The van der Waals surface area contributed by atoms with Gasteiger partial charge in [0.2, 0.25) is 0 Å². The minimum Gasteiger partial charge on any atom is -0.425 e. The van der Waals surface area contributed by atoms with E-state index in [0.29, 0.717) is 10.8 Å². The molecule has 0 spiro atoms. The SMILES string of the molecule is Cc1cc(Cl)ccc1OC(=O)Cn1c(C)cc2ccccc21. The summed E-state index contributed by atoms with van der Waals surface area (Å²) in [7, 11) is 0. The highest BCUT2D eigenvalue weighted by Gasteiger charge is 2.12. The maximum absolute atomic E-state index is 12.2. The third-order valence-corrected chi connectivity index (χ3v) is 3.90. The third-order valence-electron chi connectivity index (χ3n) is 3.67. The molecule has 4 heteroatoms. The van der Waals surface area contributed by atoms with Gasteiger partial charge in [-0.1, -0.05) is 29.8 Å². The molecule has 0 bridgehead atoms. The molecule has 0 aliphatic heterocycles. The van der Waals surface area contributed by atoms with Crippen LogP contribution < -0.4 is 4.74 Å². The maximum Gasteiger partial charge on any atom is 0.331 e. The van der Waals surface area contributed by atoms with Crippen LogP contribution in [0.2, 0.25) is 5.02 Å². The normalized spacial score (nSPS) is 10.9. The number of fused-ring (bicyclic) bond motifs is 1. The highest BCUT2D eigenvalue weighted by atomic mass is 35.5. The predicted molar refractivity (Wildman–Crippen MR) is 88.5 cm³/mol. The van der Waals surface area contributed by atoms with Crippen molar-refractivity contribution in [2.75, 3.05) is 0 Å². The first-order chi connectivity index (χ1) is 10.5. The summed E-state index contributed by atoms with van der Waals surface area (Å²) in [5.41, 5.74) is 2.91. The van der Waals surface area contributed by atoms with Crippen molar-refractivity contribution >= 4 is 28.5 Å². The van der Waals surface area contributed by atoms with Crippen molar-refractivity contribution in [2.45, 2.75) is 20.4 Å². The number of hydrogen-bond donors (Lipinski definition) is 0. The summed E-state index contributed by atoms with van der Waals surface area (Å²) in [6, 6.07) is 15.3.